The molecule has 0 aliphatic rings. The summed E-state index contributed by atoms with van der Waals surface area (Å²) in [5.74, 6) is -1.21. The van der Waals surface area contributed by atoms with Gasteiger partial charge in [0.25, 0.3) is 0 Å². The van der Waals surface area contributed by atoms with Gasteiger partial charge in [-0.15, -0.1) is 0 Å². The lowest BCUT2D eigenvalue weighted by atomic mass is 10.0. The highest BCUT2D eigenvalue weighted by molar-refractivity contribution is 7.70. The number of alkyl halides is 1. The second kappa shape index (κ2) is 12.7. The van der Waals surface area contributed by atoms with Crippen LogP contribution in [0.25, 0.3) is 11.2 Å². The number of aromatic nitrogens is 4. The molecule has 3 rings (SSSR count). The van der Waals surface area contributed by atoms with Crippen LogP contribution in [0.5, 0.6) is 0 Å². The zero-order chi connectivity index (χ0) is 28.1. The van der Waals surface area contributed by atoms with Gasteiger partial charge in [0.2, 0.25) is 5.28 Å². The smallest absolute Gasteiger partial charge is 0.340 e. The fraction of sp³-hybridized carbons (Fsp3) is 0.381. The Morgan fingerprint density at radius 1 is 1.21 bits per heavy atom. The van der Waals surface area contributed by atoms with E-state index in [1.54, 1.807) is 6.92 Å². The maximum atomic E-state index is 15.3. The Labute approximate surface area is 221 Å². The summed E-state index contributed by atoms with van der Waals surface area (Å²) < 4.78 is 44.0. The first-order chi connectivity index (χ1) is 17.8. The first-order valence-corrected chi connectivity index (χ1v) is 15.1. The van der Waals surface area contributed by atoms with Crippen LogP contribution in [0.1, 0.15) is 25.1 Å². The molecule has 38 heavy (non-hydrogen) atoms. The van der Waals surface area contributed by atoms with E-state index in [0.717, 1.165) is 16.5 Å². The second-order valence-corrected chi connectivity index (χ2v) is 12.5. The molecule has 13 nitrogen and oxygen atoms in total. The monoisotopic (exact) mass is 593 g/mol. The van der Waals surface area contributed by atoms with E-state index >= 15 is 4.39 Å². The van der Waals surface area contributed by atoms with Gasteiger partial charge in [0, 0.05) is 6.54 Å². The molecule has 0 aliphatic heterocycles. The van der Waals surface area contributed by atoms with E-state index in [1.807, 2.05) is 30.3 Å². The fourth-order valence-electron chi connectivity index (χ4n) is 3.49. The van der Waals surface area contributed by atoms with Crippen molar-refractivity contribution in [1.29, 1.82) is 0 Å². The third kappa shape index (κ3) is 8.12. The second-order valence-electron chi connectivity index (χ2n) is 8.21. The van der Waals surface area contributed by atoms with Gasteiger partial charge >= 0.3 is 15.2 Å². The van der Waals surface area contributed by atoms with E-state index in [1.165, 1.54) is 6.08 Å². The van der Waals surface area contributed by atoms with Crippen molar-refractivity contribution in [3.8, 4) is 0 Å². The molecule has 3 aromatic rings. The van der Waals surface area contributed by atoms with Gasteiger partial charge in [0.1, 0.15) is 6.10 Å². The van der Waals surface area contributed by atoms with Crippen LogP contribution >= 0.6 is 26.8 Å². The maximum Gasteiger partial charge on any atom is 0.340 e. The third-order valence-electron chi connectivity index (χ3n) is 5.21. The van der Waals surface area contributed by atoms with Crippen molar-refractivity contribution in [3.05, 3.63) is 59.2 Å². The fourth-order valence-corrected chi connectivity index (χ4v) is 6.19. The third-order valence-corrected chi connectivity index (χ3v) is 8.82. The predicted octanol–water partition coefficient (Wildman–Crippen LogP) is 2.96. The molecule has 1 aromatic carbocycles. The molecular weight excluding hydrogens is 567 g/mol. The number of anilines is 1. The average Bonchev–Trinajstić information content (AvgIpc) is 3.26. The number of halogens is 2. The summed E-state index contributed by atoms with van der Waals surface area (Å²) in [5.41, 5.74) is 0.868. The number of aliphatic hydroxyl groups excluding tert-OH is 2. The number of benzene rings is 1. The Kier molecular flexibility index (Phi) is 10.2. The Balaban J connectivity index is 1.80. The van der Waals surface area contributed by atoms with Gasteiger partial charge in [-0.2, -0.15) is 9.97 Å². The Morgan fingerprint density at radius 3 is 2.53 bits per heavy atom. The van der Waals surface area contributed by atoms with Crippen LogP contribution in [0.15, 0.2) is 48.3 Å². The summed E-state index contributed by atoms with van der Waals surface area (Å²) in [6.07, 6.45) is -3.81. The Bertz CT molecular complexity index is 1370. The van der Waals surface area contributed by atoms with Crippen molar-refractivity contribution in [2.24, 2.45) is 0 Å². The molecule has 0 spiro atoms. The number of hydrogen-bond donors (Lipinski definition) is 6. The molecular formula is C21H27ClFN5O8P2. The van der Waals surface area contributed by atoms with Gasteiger partial charge in [-0.1, -0.05) is 43.3 Å². The largest absolute Gasteiger partial charge is 0.385 e. The van der Waals surface area contributed by atoms with Crippen LogP contribution in [-0.4, -0.2) is 69.2 Å². The normalized spacial score (nSPS) is 16.7. The van der Waals surface area contributed by atoms with E-state index in [2.05, 4.69) is 20.3 Å². The number of allylic oxidation sites excluding steroid dienone is 1. The van der Waals surface area contributed by atoms with Gasteiger partial charge in [-0.05, 0) is 29.2 Å². The van der Waals surface area contributed by atoms with Gasteiger partial charge in [0.05, 0.1) is 12.9 Å². The highest BCUT2D eigenvalue weighted by Crippen LogP contribution is 2.55. The van der Waals surface area contributed by atoms with Gasteiger partial charge in [-0.3, -0.25) is 13.7 Å². The number of imidazole rings is 1. The summed E-state index contributed by atoms with van der Waals surface area (Å²) in [4.78, 5) is 39.8. The zero-order valence-corrected chi connectivity index (χ0v) is 22.5. The van der Waals surface area contributed by atoms with Crippen molar-refractivity contribution < 1.29 is 42.9 Å². The topological polar surface area (TPSA) is 200 Å². The lowest BCUT2D eigenvalue weighted by molar-refractivity contribution is -0.0352. The van der Waals surface area contributed by atoms with Crippen molar-refractivity contribution in [1.82, 2.24) is 19.5 Å². The van der Waals surface area contributed by atoms with Crippen LogP contribution in [0, 0.1) is 0 Å². The first-order valence-electron chi connectivity index (χ1n) is 11.2. The number of rotatable bonds is 13. The number of nitrogens with zero attached hydrogens (tertiary/aromatic N) is 4. The Hall–Kier alpha value is -2.25. The summed E-state index contributed by atoms with van der Waals surface area (Å²) in [6, 6.07) is 9.36. The minimum Gasteiger partial charge on any atom is -0.385 e. The molecule has 208 valence electrons. The van der Waals surface area contributed by atoms with Gasteiger partial charge in [0.15, 0.2) is 35.3 Å². The van der Waals surface area contributed by atoms with Crippen LogP contribution in [0.2, 0.25) is 5.28 Å². The van der Waals surface area contributed by atoms with Crippen LogP contribution in [0.3, 0.4) is 0 Å². The van der Waals surface area contributed by atoms with E-state index in [-0.39, 0.29) is 34.3 Å². The lowest BCUT2D eigenvalue weighted by Crippen LogP contribution is -2.34. The van der Waals surface area contributed by atoms with Gasteiger partial charge < -0.3 is 34.7 Å². The van der Waals surface area contributed by atoms with Crippen LogP contribution in [0.4, 0.5) is 10.2 Å². The molecule has 0 saturated carbocycles. The summed E-state index contributed by atoms with van der Waals surface area (Å²) in [5, 5.41) is 24.2. The van der Waals surface area contributed by atoms with Crippen molar-refractivity contribution >= 4 is 43.8 Å². The van der Waals surface area contributed by atoms with E-state index in [4.69, 9.17) is 25.9 Å². The average molecular weight is 594 g/mol. The van der Waals surface area contributed by atoms with Crippen molar-refractivity contribution in [3.63, 3.8) is 0 Å². The van der Waals surface area contributed by atoms with Gasteiger partial charge in [-0.25, -0.2) is 9.37 Å². The molecule has 2 heterocycles. The highest BCUT2D eigenvalue weighted by Gasteiger charge is 2.35. The molecule has 0 bridgehead atoms. The highest BCUT2D eigenvalue weighted by atomic mass is 35.5. The number of fused-ring (bicyclic) bond motifs is 1. The van der Waals surface area contributed by atoms with Crippen LogP contribution in [-0.2, 0) is 20.2 Å². The van der Waals surface area contributed by atoms with E-state index in [9.17, 15) is 24.2 Å². The molecule has 0 amide bonds. The van der Waals surface area contributed by atoms with E-state index in [0.29, 0.717) is 6.54 Å². The molecule has 2 aromatic heterocycles. The zero-order valence-electron chi connectivity index (χ0n) is 20.0. The van der Waals surface area contributed by atoms with E-state index < -0.39 is 46.2 Å². The predicted molar refractivity (Wildman–Crippen MR) is 137 cm³/mol. The molecule has 0 saturated heterocycles. The molecule has 6 N–H and O–H groups in total. The van der Waals surface area contributed by atoms with Crippen molar-refractivity contribution in [2.75, 3.05) is 17.8 Å². The summed E-state index contributed by atoms with van der Waals surface area (Å²) >= 11 is 6.04. The number of aliphatic hydroxyl groups is 2. The maximum absolute atomic E-state index is 15.3. The number of nitrogens with one attached hydrogen (secondary N) is 1. The molecule has 1 unspecified atom stereocenters. The standard InChI is InChI=1S/C21H27ClFN5O8P2/c1-2-6-14(10-36-38(34,35)12-37(31,32)33)17(29)15(23)20(30)28-11-25-16-18(26-21(22)27-19(16)28)24-9-13-7-4-3-5-8-13/h3-8,11,15,17,20,29-30H,2,9-10,12H2,1H3,(H,34,35)(H,24,26,27)(H2,31,32,33)/b14-6-/t15-,17+,20+/m0/s1. The van der Waals surface area contributed by atoms with Crippen molar-refractivity contribution in [2.45, 2.75) is 38.4 Å². The first kappa shape index (κ1) is 30.3. The van der Waals surface area contributed by atoms with Crippen LogP contribution < -0.4 is 5.32 Å². The molecule has 0 radical (unpaired) electrons. The minimum atomic E-state index is -4.88. The molecule has 0 aliphatic carbocycles. The summed E-state index contributed by atoms with van der Waals surface area (Å²) in [6.45, 7) is 1.18. The Morgan fingerprint density at radius 2 is 1.89 bits per heavy atom. The molecule has 0 fully saturated rings. The summed E-state index contributed by atoms with van der Waals surface area (Å²) in [7, 11) is -9.64. The quantitative estimate of drug-likeness (QED) is 0.0963. The minimum absolute atomic E-state index is 0.0262. The lowest BCUT2D eigenvalue weighted by Gasteiger charge is -2.25. The molecule has 17 heteroatoms. The number of hydrogen-bond acceptors (Lipinski definition) is 9. The molecule has 4 atom stereocenters. The SMILES string of the molecule is CC/C=C(/COP(=O)(O)CP(=O)(O)O)[C@@H](O)[C@H](F)[C@@H](O)n1cnc2c(NCc3ccccc3)nc(Cl)nc21.